The minimum atomic E-state index is -3.75. The number of piperazine rings is 1. The van der Waals surface area contributed by atoms with Crippen molar-refractivity contribution in [2.75, 3.05) is 26.2 Å². The topological polar surface area (TPSA) is 75.5 Å². The number of halogens is 2. The Labute approximate surface area is 175 Å². The molecule has 3 rings (SSSR count). The molecule has 7 nitrogen and oxygen atoms in total. The SMILES string of the molecule is Cc1nn(C(C)C)c(C)c1S(=O)(=O)N1CCN(C(=O)c2cc(Cl)ccc2F)CC1. The Morgan fingerprint density at radius 3 is 2.34 bits per heavy atom. The van der Waals surface area contributed by atoms with E-state index in [0.717, 1.165) is 6.07 Å². The van der Waals surface area contributed by atoms with E-state index in [9.17, 15) is 17.6 Å². The molecule has 0 atom stereocenters. The smallest absolute Gasteiger partial charge is 0.256 e. The van der Waals surface area contributed by atoms with Gasteiger partial charge in [-0.3, -0.25) is 9.48 Å². The predicted octanol–water partition coefficient (Wildman–Crippen LogP) is 3.02. The fourth-order valence-corrected chi connectivity index (χ4v) is 5.57. The Balaban J connectivity index is 1.78. The fraction of sp³-hybridized carbons (Fsp3) is 0.474. The second-order valence-corrected chi connectivity index (χ2v) is 9.67. The number of nitrogens with zero attached hydrogens (tertiary/aromatic N) is 4. The Hall–Kier alpha value is -1.97. The van der Waals surface area contributed by atoms with Gasteiger partial charge in [-0.1, -0.05) is 11.6 Å². The maximum atomic E-state index is 14.0. The highest BCUT2D eigenvalue weighted by molar-refractivity contribution is 7.89. The molecule has 0 saturated carbocycles. The lowest BCUT2D eigenvalue weighted by atomic mass is 10.1. The van der Waals surface area contributed by atoms with E-state index >= 15 is 0 Å². The van der Waals surface area contributed by atoms with E-state index in [1.807, 2.05) is 13.8 Å². The van der Waals surface area contributed by atoms with Crippen LogP contribution in [0.3, 0.4) is 0 Å². The van der Waals surface area contributed by atoms with Crippen LogP contribution in [0.25, 0.3) is 0 Å². The van der Waals surface area contributed by atoms with Crippen LogP contribution >= 0.6 is 11.6 Å². The average molecular weight is 443 g/mol. The molecular weight excluding hydrogens is 419 g/mol. The molecule has 0 radical (unpaired) electrons. The minimum absolute atomic E-state index is 0.0414. The molecule has 10 heteroatoms. The highest BCUT2D eigenvalue weighted by Crippen LogP contribution is 2.27. The first-order valence-corrected chi connectivity index (χ1v) is 11.2. The lowest BCUT2D eigenvalue weighted by Gasteiger charge is -2.34. The van der Waals surface area contributed by atoms with Crippen LogP contribution in [-0.4, -0.2) is 59.5 Å². The zero-order valence-electron chi connectivity index (χ0n) is 16.8. The summed E-state index contributed by atoms with van der Waals surface area (Å²) < 4.78 is 43.5. The van der Waals surface area contributed by atoms with Crippen LogP contribution in [0.1, 0.15) is 41.6 Å². The lowest BCUT2D eigenvalue weighted by molar-refractivity contribution is 0.0693. The van der Waals surface area contributed by atoms with E-state index in [1.165, 1.54) is 21.3 Å². The van der Waals surface area contributed by atoms with E-state index in [0.29, 0.717) is 11.4 Å². The van der Waals surface area contributed by atoms with Gasteiger partial charge in [-0.15, -0.1) is 0 Å². The van der Waals surface area contributed by atoms with Crippen LogP contribution in [0, 0.1) is 19.7 Å². The summed E-state index contributed by atoms with van der Waals surface area (Å²) in [6.07, 6.45) is 0. The predicted molar refractivity (Wildman–Crippen MR) is 108 cm³/mol. The molecule has 0 unspecified atom stereocenters. The summed E-state index contributed by atoms with van der Waals surface area (Å²) >= 11 is 5.87. The van der Waals surface area contributed by atoms with Crippen LogP contribution in [0.5, 0.6) is 0 Å². The number of aryl methyl sites for hydroxylation is 1. The highest BCUT2D eigenvalue weighted by Gasteiger charge is 2.35. The Morgan fingerprint density at radius 1 is 1.17 bits per heavy atom. The molecule has 29 heavy (non-hydrogen) atoms. The van der Waals surface area contributed by atoms with E-state index in [4.69, 9.17) is 11.6 Å². The molecule has 1 aliphatic heterocycles. The van der Waals surface area contributed by atoms with E-state index in [-0.39, 0.29) is 47.7 Å². The summed E-state index contributed by atoms with van der Waals surface area (Å²) in [5.74, 6) is -1.15. The van der Waals surface area contributed by atoms with Gasteiger partial charge in [0.15, 0.2) is 0 Å². The molecule has 1 saturated heterocycles. The summed E-state index contributed by atoms with van der Waals surface area (Å²) in [4.78, 5) is 14.3. The molecule has 2 heterocycles. The van der Waals surface area contributed by atoms with Gasteiger partial charge >= 0.3 is 0 Å². The number of carbonyl (C=O) groups is 1. The number of benzene rings is 1. The lowest BCUT2D eigenvalue weighted by Crippen LogP contribution is -2.50. The quantitative estimate of drug-likeness (QED) is 0.729. The second-order valence-electron chi connectivity index (χ2n) is 7.36. The molecule has 0 aliphatic carbocycles. The Bertz CT molecular complexity index is 1040. The third kappa shape index (κ3) is 4.04. The normalized spacial score (nSPS) is 15.9. The van der Waals surface area contributed by atoms with Crippen molar-refractivity contribution in [1.29, 1.82) is 0 Å². The van der Waals surface area contributed by atoms with E-state index < -0.39 is 21.7 Å². The largest absolute Gasteiger partial charge is 0.336 e. The molecule has 0 N–H and O–H groups in total. The molecule has 1 amide bonds. The van der Waals surface area contributed by atoms with Gasteiger partial charge < -0.3 is 4.90 Å². The molecular formula is C19H24ClFN4O3S. The van der Waals surface area contributed by atoms with Crippen LogP contribution in [0.2, 0.25) is 5.02 Å². The van der Waals surface area contributed by atoms with Gasteiger partial charge in [-0.2, -0.15) is 9.40 Å². The summed E-state index contributed by atoms with van der Waals surface area (Å²) in [7, 11) is -3.75. The summed E-state index contributed by atoms with van der Waals surface area (Å²) in [5.41, 5.74) is 0.936. The zero-order chi connectivity index (χ0) is 21.5. The summed E-state index contributed by atoms with van der Waals surface area (Å²) in [6, 6.07) is 3.85. The third-order valence-corrected chi connectivity index (χ3v) is 7.42. The van der Waals surface area contributed by atoms with Gasteiger partial charge in [0, 0.05) is 37.2 Å². The van der Waals surface area contributed by atoms with Gasteiger partial charge in [0.2, 0.25) is 10.0 Å². The molecule has 1 aromatic carbocycles. The number of rotatable bonds is 4. The van der Waals surface area contributed by atoms with Crippen molar-refractivity contribution < 1.29 is 17.6 Å². The van der Waals surface area contributed by atoms with Crippen molar-refractivity contribution in [3.8, 4) is 0 Å². The van der Waals surface area contributed by atoms with Crippen LogP contribution < -0.4 is 0 Å². The van der Waals surface area contributed by atoms with Gasteiger partial charge in [0.25, 0.3) is 5.91 Å². The van der Waals surface area contributed by atoms with Gasteiger partial charge in [-0.25, -0.2) is 12.8 Å². The third-order valence-electron chi connectivity index (χ3n) is 5.03. The Kier molecular flexibility index (Phi) is 6.03. The second kappa shape index (κ2) is 8.04. The average Bonchev–Trinajstić information content (AvgIpc) is 2.98. The maximum absolute atomic E-state index is 14.0. The molecule has 1 fully saturated rings. The van der Waals surface area contributed by atoms with E-state index in [2.05, 4.69) is 5.10 Å². The van der Waals surface area contributed by atoms with Crippen LogP contribution in [0.15, 0.2) is 23.1 Å². The highest BCUT2D eigenvalue weighted by atomic mass is 35.5. The maximum Gasteiger partial charge on any atom is 0.256 e. The minimum Gasteiger partial charge on any atom is -0.336 e. The van der Waals surface area contributed by atoms with Gasteiger partial charge in [0.1, 0.15) is 10.7 Å². The molecule has 2 aromatic rings. The van der Waals surface area contributed by atoms with Crippen molar-refractivity contribution in [3.63, 3.8) is 0 Å². The first-order valence-electron chi connectivity index (χ1n) is 9.34. The van der Waals surface area contributed by atoms with Crippen molar-refractivity contribution in [2.45, 2.75) is 38.6 Å². The number of hydrogen-bond acceptors (Lipinski definition) is 4. The van der Waals surface area contributed by atoms with Gasteiger partial charge in [0.05, 0.1) is 17.0 Å². The Morgan fingerprint density at radius 2 is 1.79 bits per heavy atom. The first-order chi connectivity index (χ1) is 13.5. The zero-order valence-corrected chi connectivity index (χ0v) is 18.4. The number of sulfonamides is 1. The number of aromatic nitrogens is 2. The van der Waals surface area contributed by atoms with Crippen molar-refractivity contribution >= 4 is 27.5 Å². The number of carbonyl (C=O) groups excluding carboxylic acids is 1. The molecule has 1 aromatic heterocycles. The van der Waals surface area contributed by atoms with Crippen LogP contribution in [0.4, 0.5) is 4.39 Å². The number of amides is 1. The van der Waals surface area contributed by atoms with Crippen molar-refractivity contribution in [1.82, 2.24) is 19.0 Å². The van der Waals surface area contributed by atoms with Crippen LogP contribution in [-0.2, 0) is 10.0 Å². The first kappa shape index (κ1) is 21.7. The molecule has 158 valence electrons. The van der Waals surface area contributed by atoms with Gasteiger partial charge in [-0.05, 0) is 45.9 Å². The molecule has 1 aliphatic rings. The van der Waals surface area contributed by atoms with Crippen molar-refractivity contribution in [2.24, 2.45) is 0 Å². The molecule has 0 bridgehead atoms. The standard InChI is InChI=1S/C19H24ClFN4O3S/c1-12(2)25-14(4)18(13(3)22-25)29(27,28)24-9-7-23(8-10-24)19(26)16-11-15(20)5-6-17(16)21/h5-6,11-12H,7-10H2,1-4H3. The van der Waals surface area contributed by atoms with Crippen molar-refractivity contribution in [3.05, 3.63) is 46.0 Å². The fourth-order valence-electron chi connectivity index (χ4n) is 3.62. The number of hydrogen-bond donors (Lipinski definition) is 0. The summed E-state index contributed by atoms with van der Waals surface area (Å²) in [5, 5.41) is 4.63. The monoisotopic (exact) mass is 442 g/mol. The molecule has 0 spiro atoms. The summed E-state index contributed by atoms with van der Waals surface area (Å²) in [6.45, 7) is 7.89. The van der Waals surface area contributed by atoms with E-state index in [1.54, 1.807) is 18.5 Å².